The van der Waals surface area contributed by atoms with Crippen LogP contribution in [-0.4, -0.2) is 48.1 Å². The topological polar surface area (TPSA) is 35.6 Å². The lowest BCUT2D eigenvalue weighted by atomic mass is 10.1. The van der Waals surface area contributed by atoms with Gasteiger partial charge in [0.2, 0.25) is 0 Å². The third-order valence-electron chi connectivity index (χ3n) is 4.30. The minimum absolute atomic E-state index is 0.0429. The Morgan fingerprint density at radius 1 is 1.20 bits per heavy atom. The molecule has 1 N–H and O–H groups in total. The first-order valence-electron chi connectivity index (χ1n) is 7.66. The molecule has 0 radical (unpaired) electrons. The Morgan fingerprint density at radius 2 is 1.90 bits per heavy atom. The highest BCUT2D eigenvalue weighted by Gasteiger charge is 2.32. The SMILES string of the molecule is CCc1ccccc1NC(=O)N1CCN(C2CC2)CC1. The Bertz CT molecular complexity index is 476. The molecule has 1 aliphatic carbocycles. The van der Waals surface area contributed by atoms with Crippen LogP contribution in [0.25, 0.3) is 0 Å². The fourth-order valence-electron chi connectivity index (χ4n) is 2.87. The van der Waals surface area contributed by atoms with Crippen LogP contribution in [0.2, 0.25) is 0 Å². The van der Waals surface area contributed by atoms with E-state index in [9.17, 15) is 4.79 Å². The smallest absolute Gasteiger partial charge is 0.321 e. The molecule has 1 saturated carbocycles. The maximum absolute atomic E-state index is 12.3. The van der Waals surface area contributed by atoms with E-state index in [4.69, 9.17) is 0 Å². The number of hydrogen-bond donors (Lipinski definition) is 1. The number of anilines is 1. The maximum Gasteiger partial charge on any atom is 0.321 e. The standard InChI is InChI=1S/C16H23N3O/c1-2-13-5-3-4-6-15(13)17-16(20)19-11-9-18(10-12-19)14-7-8-14/h3-6,14H,2,7-12H2,1H3,(H,17,20). The first-order valence-corrected chi connectivity index (χ1v) is 7.66. The Balaban J connectivity index is 1.56. The summed E-state index contributed by atoms with van der Waals surface area (Å²) in [6.45, 7) is 5.84. The van der Waals surface area contributed by atoms with Gasteiger partial charge < -0.3 is 10.2 Å². The van der Waals surface area contributed by atoms with E-state index in [0.29, 0.717) is 0 Å². The van der Waals surface area contributed by atoms with Crippen LogP contribution in [0.1, 0.15) is 25.3 Å². The van der Waals surface area contributed by atoms with Crippen molar-refractivity contribution in [3.05, 3.63) is 29.8 Å². The minimum atomic E-state index is 0.0429. The molecule has 0 unspecified atom stereocenters. The average molecular weight is 273 g/mol. The van der Waals surface area contributed by atoms with Crippen LogP contribution in [0.4, 0.5) is 10.5 Å². The average Bonchev–Trinajstić information content (AvgIpc) is 3.32. The van der Waals surface area contributed by atoms with Crippen LogP contribution in [0, 0.1) is 0 Å². The summed E-state index contributed by atoms with van der Waals surface area (Å²) in [4.78, 5) is 16.8. The molecule has 108 valence electrons. The van der Waals surface area contributed by atoms with Gasteiger partial charge in [0.15, 0.2) is 0 Å². The van der Waals surface area contributed by atoms with Crippen molar-refractivity contribution < 1.29 is 4.79 Å². The summed E-state index contributed by atoms with van der Waals surface area (Å²) in [5.74, 6) is 0. The summed E-state index contributed by atoms with van der Waals surface area (Å²) >= 11 is 0. The Morgan fingerprint density at radius 3 is 2.55 bits per heavy atom. The Labute approximate surface area is 120 Å². The van der Waals surface area contributed by atoms with Gasteiger partial charge in [0, 0.05) is 37.9 Å². The Hall–Kier alpha value is -1.55. The van der Waals surface area contributed by atoms with Gasteiger partial charge in [-0.1, -0.05) is 25.1 Å². The van der Waals surface area contributed by atoms with E-state index >= 15 is 0 Å². The molecule has 2 aliphatic rings. The normalized spacial score (nSPS) is 19.9. The molecule has 0 atom stereocenters. The molecule has 0 spiro atoms. The van der Waals surface area contributed by atoms with Gasteiger partial charge in [-0.05, 0) is 30.9 Å². The predicted molar refractivity (Wildman–Crippen MR) is 81.0 cm³/mol. The van der Waals surface area contributed by atoms with Crippen molar-refractivity contribution in [1.29, 1.82) is 0 Å². The van der Waals surface area contributed by atoms with E-state index in [2.05, 4.69) is 23.2 Å². The van der Waals surface area contributed by atoms with Crippen LogP contribution in [0.3, 0.4) is 0 Å². The van der Waals surface area contributed by atoms with Gasteiger partial charge in [0.25, 0.3) is 0 Å². The van der Waals surface area contributed by atoms with E-state index in [0.717, 1.165) is 44.3 Å². The first kappa shape index (κ1) is 13.4. The largest absolute Gasteiger partial charge is 0.322 e. The molecule has 1 saturated heterocycles. The summed E-state index contributed by atoms with van der Waals surface area (Å²) < 4.78 is 0. The number of carbonyl (C=O) groups is 1. The van der Waals surface area contributed by atoms with Crippen molar-refractivity contribution in [3.8, 4) is 0 Å². The zero-order valence-corrected chi connectivity index (χ0v) is 12.1. The highest BCUT2D eigenvalue weighted by Crippen LogP contribution is 2.27. The van der Waals surface area contributed by atoms with Gasteiger partial charge in [-0.25, -0.2) is 4.79 Å². The van der Waals surface area contributed by atoms with E-state index in [1.165, 1.54) is 18.4 Å². The second kappa shape index (κ2) is 5.83. The lowest BCUT2D eigenvalue weighted by Gasteiger charge is -2.34. The molecular formula is C16H23N3O. The molecule has 4 nitrogen and oxygen atoms in total. The lowest BCUT2D eigenvalue weighted by Crippen LogP contribution is -2.50. The highest BCUT2D eigenvalue weighted by molar-refractivity contribution is 5.90. The van der Waals surface area contributed by atoms with Crippen LogP contribution in [-0.2, 0) is 6.42 Å². The number of benzene rings is 1. The monoisotopic (exact) mass is 273 g/mol. The molecule has 2 amide bonds. The molecule has 2 fully saturated rings. The second-order valence-corrected chi connectivity index (χ2v) is 5.70. The highest BCUT2D eigenvalue weighted by atomic mass is 16.2. The van der Waals surface area contributed by atoms with E-state index in [-0.39, 0.29) is 6.03 Å². The summed E-state index contributed by atoms with van der Waals surface area (Å²) in [5.41, 5.74) is 2.14. The number of carbonyl (C=O) groups excluding carboxylic acids is 1. The maximum atomic E-state index is 12.3. The second-order valence-electron chi connectivity index (χ2n) is 5.70. The third kappa shape index (κ3) is 2.96. The quantitative estimate of drug-likeness (QED) is 0.918. The van der Waals surface area contributed by atoms with E-state index < -0.39 is 0 Å². The molecule has 1 aromatic carbocycles. The molecular weight excluding hydrogens is 250 g/mol. The van der Waals surface area contributed by atoms with E-state index in [1.807, 2.05) is 23.1 Å². The molecule has 0 bridgehead atoms. The predicted octanol–water partition coefficient (Wildman–Crippen LogP) is 2.56. The van der Waals surface area contributed by atoms with Gasteiger partial charge in [-0.15, -0.1) is 0 Å². The third-order valence-corrected chi connectivity index (χ3v) is 4.30. The van der Waals surface area contributed by atoms with Gasteiger partial charge in [-0.3, -0.25) is 4.90 Å². The van der Waals surface area contributed by atoms with Crippen molar-refractivity contribution in [2.75, 3.05) is 31.5 Å². The molecule has 1 aromatic rings. The fourth-order valence-corrected chi connectivity index (χ4v) is 2.87. The number of piperazine rings is 1. The van der Waals surface area contributed by atoms with Crippen LogP contribution in [0.15, 0.2) is 24.3 Å². The number of nitrogens with zero attached hydrogens (tertiary/aromatic N) is 2. The fraction of sp³-hybridized carbons (Fsp3) is 0.562. The zero-order valence-electron chi connectivity index (χ0n) is 12.1. The zero-order chi connectivity index (χ0) is 13.9. The van der Waals surface area contributed by atoms with Crippen molar-refractivity contribution in [3.63, 3.8) is 0 Å². The van der Waals surface area contributed by atoms with Gasteiger partial charge in [0.1, 0.15) is 0 Å². The number of amides is 2. The van der Waals surface area contributed by atoms with Crippen LogP contribution < -0.4 is 5.32 Å². The van der Waals surface area contributed by atoms with Gasteiger partial charge in [0.05, 0.1) is 0 Å². The van der Waals surface area contributed by atoms with Crippen molar-refractivity contribution in [2.45, 2.75) is 32.2 Å². The van der Waals surface area contributed by atoms with E-state index in [1.54, 1.807) is 0 Å². The first-order chi connectivity index (χ1) is 9.78. The number of urea groups is 1. The summed E-state index contributed by atoms with van der Waals surface area (Å²) in [5, 5.41) is 3.06. The molecule has 1 heterocycles. The van der Waals surface area contributed by atoms with Crippen molar-refractivity contribution in [1.82, 2.24) is 9.80 Å². The number of nitrogens with one attached hydrogen (secondary N) is 1. The van der Waals surface area contributed by atoms with Crippen molar-refractivity contribution in [2.24, 2.45) is 0 Å². The van der Waals surface area contributed by atoms with Gasteiger partial charge in [-0.2, -0.15) is 0 Å². The summed E-state index contributed by atoms with van der Waals surface area (Å²) in [7, 11) is 0. The minimum Gasteiger partial charge on any atom is -0.322 e. The number of aryl methyl sites for hydroxylation is 1. The number of hydrogen-bond acceptors (Lipinski definition) is 2. The van der Waals surface area contributed by atoms with Gasteiger partial charge >= 0.3 is 6.03 Å². The lowest BCUT2D eigenvalue weighted by molar-refractivity contribution is 0.142. The molecule has 0 aromatic heterocycles. The Kier molecular flexibility index (Phi) is 3.92. The van der Waals surface area contributed by atoms with Crippen molar-refractivity contribution >= 4 is 11.7 Å². The number of para-hydroxylation sites is 1. The molecule has 3 rings (SSSR count). The summed E-state index contributed by atoms with van der Waals surface area (Å²) in [6.07, 6.45) is 3.62. The summed E-state index contributed by atoms with van der Waals surface area (Å²) in [6, 6.07) is 8.89. The van der Waals surface area contributed by atoms with Crippen LogP contribution in [0.5, 0.6) is 0 Å². The molecule has 20 heavy (non-hydrogen) atoms. The number of rotatable bonds is 3. The molecule has 1 aliphatic heterocycles. The molecule has 4 heteroatoms. The van der Waals surface area contributed by atoms with Crippen LogP contribution >= 0.6 is 0 Å².